The van der Waals surface area contributed by atoms with E-state index in [2.05, 4.69) is 20.3 Å². The van der Waals surface area contributed by atoms with Gasteiger partial charge in [-0.1, -0.05) is 54.6 Å². The van der Waals surface area contributed by atoms with Crippen LogP contribution in [0.25, 0.3) is 11.0 Å². The van der Waals surface area contributed by atoms with Gasteiger partial charge < -0.3 is 20.1 Å². The van der Waals surface area contributed by atoms with Crippen molar-refractivity contribution in [2.24, 2.45) is 0 Å². The van der Waals surface area contributed by atoms with Gasteiger partial charge in [0.2, 0.25) is 5.91 Å². The summed E-state index contributed by atoms with van der Waals surface area (Å²) in [5.74, 6) is -1.17. The number of amides is 2. The van der Waals surface area contributed by atoms with Crippen molar-refractivity contribution in [1.29, 1.82) is 0 Å². The van der Waals surface area contributed by atoms with E-state index in [9.17, 15) is 19.1 Å². The van der Waals surface area contributed by atoms with Gasteiger partial charge >= 0.3 is 6.09 Å². The average molecular weight is 612 g/mol. The Labute approximate surface area is 257 Å². The molecule has 3 N–H and O–H groups in total. The highest BCUT2D eigenvalue weighted by Gasteiger charge is 2.35. The third kappa shape index (κ3) is 6.83. The maximum absolute atomic E-state index is 15.1. The van der Waals surface area contributed by atoms with Crippen LogP contribution in [0, 0.1) is 11.6 Å². The first-order valence-electron chi connectivity index (χ1n) is 14.6. The van der Waals surface area contributed by atoms with Gasteiger partial charge in [0.1, 0.15) is 23.5 Å². The predicted molar refractivity (Wildman–Crippen MR) is 164 cm³/mol. The van der Waals surface area contributed by atoms with Crippen LogP contribution in [0.3, 0.4) is 0 Å². The lowest BCUT2D eigenvalue weighted by molar-refractivity contribution is -0.116. The molecule has 1 fully saturated rings. The van der Waals surface area contributed by atoms with Gasteiger partial charge in [-0.3, -0.25) is 14.7 Å². The number of para-hydroxylation sites is 2. The monoisotopic (exact) mass is 611 g/mol. The van der Waals surface area contributed by atoms with Crippen molar-refractivity contribution in [2.45, 2.75) is 37.3 Å². The third-order valence-corrected chi connectivity index (χ3v) is 8.09. The number of aromatic nitrogens is 3. The van der Waals surface area contributed by atoms with E-state index in [4.69, 9.17) is 4.74 Å². The number of halogens is 2. The molecule has 5 aromatic rings. The first kappa shape index (κ1) is 29.9. The number of hydrogen-bond acceptors (Lipinski definition) is 5. The van der Waals surface area contributed by atoms with Crippen LogP contribution in [0.4, 0.5) is 19.3 Å². The molecule has 1 saturated heterocycles. The van der Waals surface area contributed by atoms with Gasteiger partial charge in [-0.25, -0.2) is 18.6 Å². The molecule has 11 heteroatoms. The van der Waals surface area contributed by atoms with Crippen molar-refractivity contribution in [3.8, 4) is 0 Å². The fraction of sp³-hybridized carbons (Fsp3) is 0.235. The summed E-state index contributed by atoms with van der Waals surface area (Å²) in [5, 5.41) is 12.8. The quantitative estimate of drug-likeness (QED) is 0.176. The normalized spacial score (nSPS) is 17.2. The molecule has 0 radical (unpaired) electrons. The maximum Gasteiger partial charge on any atom is 0.408 e. The minimum absolute atomic E-state index is 0.0358. The molecule has 0 saturated carbocycles. The molecular weight excluding hydrogens is 580 g/mol. The number of H-pyrrole nitrogens is 1. The molecule has 9 nitrogen and oxygen atoms in total. The molecular formula is C34H31F2N5O4. The van der Waals surface area contributed by atoms with E-state index in [1.807, 2.05) is 54.6 Å². The molecule has 3 aromatic carbocycles. The highest BCUT2D eigenvalue weighted by molar-refractivity contribution is 5.92. The van der Waals surface area contributed by atoms with Crippen molar-refractivity contribution in [2.75, 3.05) is 18.5 Å². The number of imidazole rings is 1. The number of morpholine rings is 1. The van der Waals surface area contributed by atoms with Crippen LogP contribution in [-0.2, 0) is 16.0 Å². The zero-order valence-corrected chi connectivity index (χ0v) is 24.2. The second-order valence-corrected chi connectivity index (χ2v) is 11.0. The number of nitrogens with one attached hydrogen (secondary N) is 2. The highest BCUT2D eigenvalue weighted by Crippen LogP contribution is 2.31. The summed E-state index contributed by atoms with van der Waals surface area (Å²) in [6, 6.07) is 22.3. The maximum atomic E-state index is 15.1. The molecule has 0 bridgehead atoms. The molecule has 3 unspecified atom stereocenters. The highest BCUT2D eigenvalue weighted by atomic mass is 19.1. The third-order valence-electron chi connectivity index (χ3n) is 8.09. The predicted octanol–water partition coefficient (Wildman–Crippen LogP) is 6.45. The van der Waals surface area contributed by atoms with Crippen molar-refractivity contribution in [1.82, 2.24) is 19.9 Å². The molecule has 1 aliphatic heterocycles. The van der Waals surface area contributed by atoms with Crippen molar-refractivity contribution < 1.29 is 28.2 Å². The number of hydrogen-bond donors (Lipinski definition) is 3. The Bertz CT molecular complexity index is 1760. The van der Waals surface area contributed by atoms with Gasteiger partial charge in [0.15, 0.2) is 0 Å². The number of nitrogens with zero attached hydrogens (tertiary/aromatic N) is 3. The fourth-order valence-corrected chi connectivity index (χ4v) is 5.78. The summed E-state index contributed by atoms with van der Waals surface area (Å²) >= 11 is 0. The van der Waals surface area contributed by atoms with Crippen molar-refractivity contribution >= 4 is 28.7 Å². The number of pyridine rings is 1. The van der Waals surface area contributed by atoms with Gasteiger partial charge in [-0.15, -0.1) is 0 Å². The zero-order valence-electron chi connectivity index (χ0n) is 24.2. The van der Waals surface area contributed by atoms with Crippen molar-refractivity contribution in [3.63, 3.8) is 0 Å². The molecule has 3 heterocycles. The van der Waals surface area contributed by atoms with E-state index in [-0.39, 0.29) is 54.9 Å². The lowest BCUT2D eigenvalue weighted by Crippen LogP contribution is -2.47. The first-order chi connectivity index (χ1) is 21.9. The molecule has 3 atom stereocenters. The Morgan fingerprint density at radius 2 is 1.73 bits per heavy atom. The largest absolute Gasteiger partial charge is 0.465 e. The Hall–Kier alpha value is -5.16. The number of aromatic amines is 1. The molecule has 6 rings (SSSR count). The van der Waals surface area contributed by atoms with Crippen LogP contribution in [0.2, 0.25) is 0 Å². The minimum Gasteiger partial charge on any atom is -0.465 e. The molecule has 0 aliphatic carbocycles. The molecule has 2 aromatic heterocycles. The van der Waals surface area contributed by atoms with Crippen LogP contribution in [0.15, 0.2) is 91.3 Å². The zero-order chi connectivity index (χ0) is 31.3. The van der Waals surface area contributed by atoms with Crippen molar-refractivity contribution in [3.05, 3.63) is 125 Å². The lowest BCUT2D eigenvalue weighted by Gasteiger charge is -2.37. The molecule has 45 heavy (non-hydrogen) atoms. The number of carbonyl (C=O) groups is 2. The summed E-state index contributed by atoms with van der Waals surface area (Å²) in [6.45, 7) is 0.158. The van der Waals surface area contributed by atoms with Crippen LogP contribution in [0.1, 0.15) is 47.3 Å². The standard InChI is InChI=1S/C34H31F2N5O4/c35-23-12-10-22(11-13-23)26(21-6-2-1-3-7-21)16-32(42)38-30-18-37-17-27(36)25(30)15-14-24-19-41(34(43)44)31(20-45-24)33-39-28-8-4-5-9-29(28)40-33/h1-13,17-18,24,26,31H,14-16,19-20H2,(H,38,42)(H,39,40)(H,43,44). The second-order valence-electron chi connectivity index (χ2n) is 11.0. The van der Waals surface area contributed by atoms with Gasteiger partial charge in [-0.05, 0) is 48.2 Å². The number of ether oxygens (including phenoxy) is 1. The number of carbonyl (C=O) groups excluding carboxylic acids is 1. The Balaban J connectivity index is 1.13. The molecule has 0 spiro atoms. The molecule has 2 amide bonds. The fourth-order valence-electron chi connectivity index (χ4n) is 5.78. The van der Waals surface area contributed by atoms with E-state index in [0.717, 1.165) is 28.4 Å². The van der Waals surface area contributed by atoms with E-state index < -0.39 is 24.1 Å². The Kier molecular flexibility index (Phi) is 8.79. The van der Waals surface area contributed by atoms with Crippen LogP contribution in [0.5, 0.6) is 0 Å². The summed E-state index contributed by atoms with van der Waals surface area (Å²) < 4.78 is 34.7. The van der Waals surface area contributed by atoms with Gasteiger partial charge in [0.05, 0.1) is 48.4 Å². The number of rotatable bonds is 9. The molecule has 1 aliphatic rings. The minimum atomic E-state index is -1.11. The summed E-state index contributed by atoms with van der Waals surface area (Å²) in [7, 11) is 0. The SMILES string of the molecule is O=C(CC(c1ccccc1)c1ccc(F)cc1)Nc1cncc(F)c1CCC1CN(C(=O)O)C(c2nc3ccccc3[nH]2)CO1. The van der Waals surface area contributed by atoms with Crippen LogP contribution >= 0.6 is 0 Å². The number of fused-ring (bicyclic) bond motifs is 1. The smallest absolute Gasteiger partial charge is 0.408 e. The van der Waals surface area contributed by atoms with Crippen LogP contribution < -0.4 is 5.32 Å². The summed E-state index contributed by atoms with van der Waals surface area (Å²) in [5.41, 5.74) is 3.67. The molecule has 230 valence electrons. The van der Waals surface area contributed by atoms with E-state index in [0.29, 0.717) is 12.2 Å². The average Bonchev–Trinajstić information content (AvgIpc) is 3.48. The first-order valence-corrected chi connectivity index (χ1v) is 14.6. The Morgan fingerprint density at radius 3 is 2.49 bits per heavy atom. The van der Waals surface area contributed by atoms with Gasteiger partial charge in [0.25, 0.3) is 0 Å². The van der Waals surface area contributed by atoms with Crippen LogP contribution in [-0.4, -0.2) is 56.2 Å². The number of anilines is 1. The lowest BCUT2D eigenvalue weighted by atomic mass is 9.88. The van der Waals surface area contributed by atoms with E-state index in [1.54, 1.807) is 12.1 Å². The summed E-state index contributed by atoms with van der Waals surface area (Å²) in [6.07, 6.45) is 1.40. The van der Waals surface area contributed by atoms with E-state index >= 15 is 4.39 Å². The van der Waals surface area contributed by atoms with E-state index in [1.165, 1.54) is 23.2 Å². The number of benzene rings is 3. The van der Waals surface area contributed by atoms with Gasteiger partial charge in [-0.2, -0.15) is 0 Å². The summed E-state index contributed by atoms with van der Waals surface area (Å²) in [4.78, 5) is 38.5. The topological polar surface area (TPSA) is 120 Å². The second kappa shape index (κ2) is 13.2. The van der Waals surface area contributed by atoms with Gasteiger partial charge in [0, 0.05) is 17.9 Å². The Morgan fingerprint density at radius 1 is 1.00 bits per heavy atom. The number of carboxylic acid groups (broad SMARTS) is 1.